The third-order valence-electron chi connectivity index (χ3n) is 3.80. The number of anilines is 1. The van der Waals surface area contributed by atoms with Crippen LogP contribution in [0.1, 0.15) is 27.0 Å². The first-order chi connectivity index (χ1) is 11.9. The summed E-state index contributed by atoms with van der Waals surface area (Å²) in [7, 11) is 2.90. The molecule has 25 heavy (non-hydrogen) atoms. The molecule has 2 aromatic rings. The average molecular weight is 342 g/mol. The van der Waals surface area contributed by atoms with Gasteiger partial charge >= 0.3 is 6.03 Å². The van der Waals surface area contributed by atoms with Crippen molar-refractivity contribution in [3.63, 3.8) is 0 Å². The third kappa shape index (κ3) is 4.09. The molecule has 0 heterocycles. The van der Waals surface area contributed by atoms with Gasteiger partial charge in [0.05, 0.1) is 14.2 Å². The van der Waals surface area contributed by atoms with Gasteiger partial charge < -0.3 is 14.8 Å². The molecule has 2 aromatic carbocycles. The Bertz CT molecular complexity index is 770. The number of aryl methyl sites for hydroxylation is 3. The predicted octanol–water partition coefficient (Wildman–Crippen LogP) is 3.59. The maximum atomic E-state index is 12.5. The zero-order valence-corrected chi connectivity index (χ0v) is 15.0. The monoisotopic (exact) mass is 342 g/mol. The minimum Gasteiger partial charge on any atom is -0.496 e. The van der Waals surface area contributed by atoms with Crippen molar-refractivity contribution in [1.82, 2.24) is 5.32 Å². The zero-order chi connectivity index (χ0) is 18.6. The van der Waals surface area contributed by atoms with E-state index >= 15 is 0 Å². The molecule has 0 spiro atoms. The van der Waals surface area contributed by atoms with Crippen molar-refractivity contribution in [3.05, 3.63) is 52.6 Å². The highest BCUT2D eigenvalue weighted by Crippen LogP contribution is 2.28. The number of carbonyl (C=O) groups is 2. The Balaban J connectivity index is 2.21. The fraction of sp³-hybridized carbons (Fsp3) is 0.263. The zero-order valence-electron chi connectivity index (χ0n) is 15.0. The second-order valence-corrected chi connectivity index (χ2v) is 5.72. The molecule has 0 saturated heterocycles. The second-order valence-electron chi connectivity index (χ2n) is 5.72. The van der Waals surface area contributed by atoms with Crippen LogP contribution in [-0.4, -0.2) is 26.2 Å². The summed E-state index contributed by atoms with van der Waals surface area (Å²) >= 11 is 0. The van der Waals surface area contributed by atoms with Crippen molar-refractivity contribution in [1.29, 1.82) is 0 Å². The Hall–Kier alpha value is -3.02. The van der Waals surface area contributed by atoms with Crippen LogP contribution in [0.15, 0.2) is 30.3 Å². The smallest absolute Gasteiger partial charge is 0.326 e. The van der Waals surface area contributed by atoms with Crippen LogP contribution < -0.4 is 20.1 Å². The number of imide groups is 1. The number of urea groups is 1. The lowest BCUT2D eigenvalue weighted by atomic mass is 10.1. The molecule has 2 N–H and O–H groups in total. The standard InChI is InChI=1S/C19H22N2O4/c1-11-9-12(2)17(13(3)10-11)20-19(23)21-18(22)16-14(24-4)7-6-8-15(16)25-5/h6-10H,1-5H3,(H2,20,21,22,23). The SMILES string of the molecule is COc1cccc(OC)c1C(=O)NC(=O)Nc1c(C)cc(C)cc1C. The van der Waals surface area contributed by atoms with Crippen molar-refractivity contribution >= 4 is 17.6 Å². The minimum absolute atomic E-state index is 0.167. The largest absolute Gasteiger partial charge is 0.496 e. The fourth-order valence-corrected chi connectivity index (χ4v) is 2.76. The molecule has 6 nitrogen and oxygen atoms in total. The van der Waals surface area contributed by atoms with E-state index in [1.54, 1.807) is 18.2 Å². The summed E-state index contributed by atoms with van der Waals surface area (Å²) in [5.41, 5.74) is 3.81. The van der Waals surface area contributed by atoms with Gasteiger partial charge in [0.1, 0.15) is 17.1 Å². The molecule has 3 amide bonds. The number of hydrogen-bond acceptors (Lipinski definition) is 4. The van der Waals surface area contributed by atoms with E-state index in [1.807, 2.05) is 32.9 Å². The van der Waals surface area contributed by atoms with Gasteiger partial charge in [0.25, 0.3) is 5.91 Å². The Labute approximate surface area is 147 Å². The summed E-state index contributed by atoms with van der Waals surface area (Å²) in [6.07, 6.45) is 0. The Morgan fingerprint density at radius 1 is 0.920 bits per heavy atom. The van der Waals surface area contributed by atoms with Crippen molar-refractivity contribution in [2.75, 3.05) is 19.5 Å². The Kier molecular flexibility index (Phi) is 5.64. The highest BCUT2D eigenvalue weighted by Gasteiger charge is 2.20. The molecule has 0 unspecified atom stereocenters. The molecule has 6 heteroatoms. The fourth-order valence-electron chi connectivity index (χ4n) is 2.76. The third-order valence-corrected chi connectivity index (χ3v) is 3.80. The highest BCUT2D eigenvalue weighted by atomic mass is 16.5. The topological polar surface area (TPSA) is 76.7 Å². The summed E-state index contributed by atoms with van der Waals surface area (Å²) in [5, 5.41) is 5.04. The summed E-state index contributed by atoms with van der Waals surface area (Å²) in [5.74, 6) is 0.0499. The molecule has 0 bridgehead atoms. The van der Waals surface area contributed by atoms with Crippen LogP contribution in [0.3, 0.4) is 0 Å². The number of benzene rings is 2. The number of rotatable bonds is 4. The summed E-state index contributed by atoms with van der Waals surface area (Å²) in [6.45, 7) is 5.79. The maximum absolute atomic E-state index is 12.5. The van der Waals surface area contributed by atoms with Gasteiger partial charge in [0, 0.05) is 5.69 Å². The average Bonchev–Trinajstić information content (AvgIpc) is 2.57. The van der Waals surface area contributed by atoms with E-state index in [-0.39, 0.29) is 5.56 Å². The van der Waals surface area contributed by atoms with E-state index in [0.29, 0.717) is 17.2 Å². The lowest BCUT2D eigenvalue weighted by Crippen LogP contribution is -2.35. The van der Waals surface area contributed by atoms with Crippen molar-refractivity contribution in [3.8, 4) is 11.5 Å². The van der Waals surface area contributed by atoms with Crippen molar-refractivity contribution in [2.24, 2.45) is 0 Å². The van der Waals surface area contributed by atoms with Gasteiger partial charge in [0.2, 0.25) is 0 Å². The molecule has 132 valence electrons. The summed E-state index contributed by atoms with van der Waals surface area (Å²) in [6, 6.07) is 8.27. The Morgan fingerprint density at radius 3 is 1.92 bits per heavy atom. The van der Waals surface area contributed by atoms with Crippen LogP contribution in [0.5, 0.6) is 11.5 Å². The molecule has 0 fully saturated rings. The van der Waals surface area contributed by atoms with E-state index in [9.17, 15) is 9.59 Å². The molecular weight excluding hydrogens is 320 g/mol. The van der Waals surface area contributed by atoms with Gasteiger partial charge in [-0.25, -0.2) is 4.79 Å². The molecule has 0 saturated carbocycles. The number of methoxy groups -OCH3 is 2. The van der Waals surface area contributed by atoms with Gasteiger partial charge in [-0.1, -0.05) is 23.8 Å². The van der Waals surface area contributed by atoms with Crippen LogP contribution in [0.4, 0.5) is 10.5 Å². The number of carbonyl (C=O) groups excluding carboxylic acids is 2. The minimum atomic E-state index is -0.618. The van der Waals surface area contributed by atoms with Gasteiger partial charge in [-0.2, -0.15) is 0 Å². The van der Waals surface area contributed by atoms with E-state index < -0.39 is 11.9 Å². The number of hydrogen-bond donors (Lipinski definition) is 2. The maximum Gasteiger partial charge on any atom is 0.326 e. The van der Waals surface area contributed by atoms with Gasteiger partial charge in [-0.15, -0.1) is 0 Å². The lowest BCUT2D eigenvalue weighted by molar-refractivity contribution is 0.0961. The lowest BCUT2D eigenvalue weighted by Gasteiger charge is -2.15. The van der Waals surface area contributed by atoms with Gasteiger partial charge in [-0.05, 0) is 44.0 Å². The van der Waals surface area contributed by atoms with Crippen LogP contribution >= 0.6 is 0 Å². The van der Waals surface area contributed by atoms with Crippen molar-refractivity contribution < 1.29 is 19.1 Å². The highest BCUT2D eigenvalue weighted by molar-refractivity contribution is 6.10. The van der Waals surface area contributed by atoms with Crippen LogP contribution in [0.2, 0.25) is 0 Å². The first-order valence-electron chi connectivity index (χ1n) is 7.78. The van der Waals surface area contributed by atoms with E-state index in [4.69, 9.17) is 9.47 Å². The van der Waals surface area contributed by atoms with Gasteiger partial charge in [0.15, 0.2) is 0 Å². The first kappa shape index (κ1) is 18.3. The van der Waals surface area contributed by atoms with E-state index in [1.165, 1.54) is 14.2 Å². The van der Waals surface area contributed by atoms with E-state index in [2.05, 4.69) is 10.6 Å². The molecule has 0 aliphatic rings. The molecule has 0 aliphatic heterocycles. The molecule has 0 aliphatic carbocycles. The molecular formula is C19H22N2O4. The molecule has 0 radical (unpaired) electrons. The summed E-state index contributed by atoms with van der Waals surface area (Å²) < 4.78 is 10.4. The predicted molar refractivity (Wildman–Crippen MR) is 96.7 cm³/mol. The van der Waals surface area contributed by atoms with E-state index in [0.717, 1.165) is 16.7 Å². The molecule has 0 aromatic heterocycles. The van der Waals surface area contributed by atoms with Crippen LogP contribution in [0.25, 0.3) is 0 Å². The number of nitrogens with one attached hydrogen (secondary N) is 2. The number of ether oxygens (including phenoxy) is 2. The van der Waals surface area contributed by atoms with Crippen molar-refractivity contribution in [2.45, 2.75) is 20.8 Å². The molecule has 2 rings (SSSR count). The van der Waals surface area contributed by atoms with Crippen LogP contribution in [-0.2, 0) is 0 Å². The van der Waals surface area contributed by atoms with Gasteiger partial charge in [-0.3, -0.25) is 10.1 Å². The molecule has 0 atom stereocenters. The first-order valence-corrected chi connectivity index (χ1v) is 7.78. The second kappa shape index (κ2) is 7.70. The number of amides is 3. The summed E-state index contributed by atoms with van der Waals surface area (Å²) in [4.78, 5) is 24.8. The Morgan fingerprint density at radius 2 is 1.44 bits per heavy atom. The van der Waals surface area contributed by atoms with Crippen LogP contribution in [0, 0.1) is 20.8 Å². The quantitative estimate of drug-likeness (QED) is 0.890. The normalized spacial score (nSPS) is 10.1.